The molecule has 0 aromatic heterocycles. The van der Waals surface area contributed by atoms with Gasteiger partial charge in [-0.05, 0) is 31.9 Å². The second-order valence-corrected chi connectivity index (χ2v) is 7.77. The molecule has 7 heteroatoms. The summed E-state index contributed by atoms with van der Waals surface area (Å²) in [4.78, 5) is 12.2. The molecule has 128 valence electrons. The van der Waals surface area contributed by atoms with Gasteiger partial charge in [-0.1, -0.05) is 24.1 Å². The van der Waals surface area contributed by atoms with Crippen LogP contribution < -0.4 is 10.1 Å². The van der Waals surface area contributed by atoms with E-state index in [-0.39, 0.29) is 5.91 Å². The first-order valence-corrected chi connectivity index (χ1v) is 9.67. The smallest absolute Gasteiger partial charge is 0.238 e. The first kappa shape index (κ1) is 17.7. The fourth-order valence-electron chi connectivity index (χ4n) is 2.66. The van der Waals surface area contributed by atoms with E-state index in [1.807, 2.05) is 31.2 Å². The quantitative estimate of drug-likeness (QED) is 0.792. The lowest BCUT2D eigenvalue weighted by atomic mass is 10.0. The summed E-state index contributed by atoms with van der Waals surface area (Å²) in [6, 6.07) is 7.07. The minimum atomic E-state index is -3.36. The molecule has 1 atom stereocenters. The molecule has 23 heavy (non-hydrogen) atoms. The van der Waals surface area contributed by atoms with Gasteiger partial charge in [0, 0.05) is 6.54 Å². The number of aryl methyl sites for hydroxylation is 1. The maximum Gasteiger partial charge on any atom is 0.238 e. The van der Waals surface area contributed by atoms with Gasteiger partial charge in [0.05, 0.1) is 12.8 Å². The summed E-state index contributed by atoms with van der Waals surface area (Å²) in [5.74, 6) is 0.503. The van der Waals surface area contributed by atoms with Crippen LogP contribution >= 0.6 is 0 Å². The van der Waals surface area contributed by atoms with E-state index >= 15 is 0 Å². The molecule has 1 aliphatic heterocycles. The highest BCUT2D eigenvalue weighted by molar-refractivity contribution is 7.88. The van der Waals surface area contributed by atoms with Crippen molar-refractivity contribution in [3.63, 3.8) is 0 Å². The van der Waals surface area contributed by atoms with Crippen LogP contribution in [-0.4, -0.2) is 50.6 Å². The molecule has 1 aromatic carbocycles. The van der Waals surface area contributed by atoms with E-state index in [0.29, 0.717) is 26.1 Å². The van der Waals surface area contributed by atoms with Crippen LogP contribution in [0.1, 0.15) is 24.8 Å². The van der Waals surface area contributed by atoms with Gasteiger partial charge in [0.25, 0.3) is 0 Å². The zero-order valence-electron chi connectivity index (χ0n) is 13.6. The maximum absolute atomic E-state index is 12.2. The van der Waals surface area contributed by atoms with Crippen LogP contribution in [0.3, 0.4) is 0 Å². The van der Waals surface area contributed by atoms with Crippen molar-refractivity contribution in [1.82, 2.24) is 9.62 Å². The first-order chi connectivity index (χ1) is 10.9. The number of nitrogens with one attached hydrogen (secondary N) is 1. The molecular formula is C16H24N2O4S. The third kappa shape index (κ3) is 5.21. The second kappa shape index (κ2) is 7.79. The summed E-state index contributed by atoms with van der Waals surface area (Å²) in [7, 11) is -3.36. The molecule has 0 saturated carbocycles. The minimum absolute atomic E-state index is 0.248. The van der Waals surface area contributed by atoms with Gasteiger partial charge in [-0.3, -0.25) is 4.79 Å². The lowest BCUT2D eigenvalue weighted by Crippen LogP contribution is -2.52. The topological polar surface area (TPSA) is 75.7 Å². The Morgan fingerprint density at radius 3 is 2.65 bits per heavy atom. The number of piperidine rings is 1. The Labute approximate surface area is 137 Å². The Morgan fingerprint density at radius 2 is 2.00 bits per heavy atom. The summed E-state index contributed by atoms with van der Waals surface area (Å²) in [6.07, 6.45) is 3.38. The minimum Gasteiger partial charge on any atom is -0.492 e. The summed E-state index contributed by atoms with van der Waals surface area (Å²) in [5, 5.41) is 2.77. The fourth-order valence-corrected chi connectivity index (χ4v) is 3.78. The van der Waals surface area contributed by atoms with Crippen molar-refractivity contribution < 1.29 is 17.9 Å². The van der Waals surface area contributed by atoms with E-state index in [2.05, 4.69) is 5.32 Å². The van der Waals surface area contributed by atoms with E-state index in [4.69, 9.17) is 4.74 Å². The van der Waals surface area contributed by atoms with Gasteiger partial charge in [-0.15, -0.1) is 0 Å². The molecule has 1 N–H and O–H groups in total. The normalized spacial score (nSPS) is 19.3. The second-order valence-electron chi connectivity index (χ2n) is 5.84. The van der Waals surface area contributed by atoms with Crippen LogP contribution in [0.15, 0.2) is 24.3 Å². The average molecular weight is 340 g/mol. The van der Waals surface area contributed by atoms with Crippen LogP contribution in [-0.2, 0) is 14.8 Å². The molecule has 6 nitrogen and oxygen atoms in total. The van der Waals surface area contributed by atoms with E-state index < -0.39 is 16.1 Å². The van der Waals surface area contributed by atoms with E-state index in [9.17, 15) is 13.2 Å². The number of hydrogen-bond acceptors (Lipinski definition) is 4. The van der Waals surface area contributed by atoms with Crippen molar-refractivity contribution in [3.05, 3.63) is 29.8 Å². The van der Waals surface area contributed by atoms with E-state index in [0.717, 1.165) is 30.4 Å². The molecule has 0 spiro atoms. The number of benzene rings is 1. The molecule has 2 rings (SSSR count). The van der Waals surface area contributed by atoms with Crippen molar-refractivity contribution in [3.8, 4) is 5.75 Å². The molecule has 1 aromatic rings. The largest absolute Gasteiger partial charge is 0.492 e. The number of ether oxygens (including phenoxy) is 1. The lowest BCUT2D eigenvalue weighted by Gasteiger charge is -2.32. The Morgan fingerprint density at radius 1 is 1.30 bits per heavy atom. The van der Waals surface area contributed by atoms with Gasteiger partial charge in [0.2, 0.25) is 15.9 Å². The molecule has 0 bridgehead atoms. The zero-order chi connectivity index (χ0) is 16.9. The Hall–Kier alpha value is -1.60. The van der Waals surface area contributed by atoms with Crippen LogP contribution in [0.4, 0.5) is 0 Å². The molecular weight excluding hydrogens is 316 g/mol. The van der Waals surface area contributed by atoms with Gasteiger partial charge >= 0.3 is 0 Å². The number of carbonyl (C=O) groups excluding carboxylic acids is 1. The summed E-state index contributed by atoms with van der Waals surface area (Å²) < 4.78 is 30.4. The third-order valence-corrected chi connectivity index (χ3v) is 5.16. The van der Waals surface area contributed by atoms with Crippen molar-refractivity contribution in [1.29, 1.82) is 0 Å². The predicted octanol–water partition coefficient (Wildman–Crippen LogP) is 1.30. The van der Waals surface area contributed by atoms with Gasteiger partial charge < -0.3 is 10.1 Å². The van der Waals surface area contributed by atoms with Gasteiger partial charge in [0.1, 0.15) is 18.4 Å². The number of rotatable bonds is 6. The number of sulfonamides is 1. The SMILES string of the molecule is Cc1ccc(OCCNC(=O)C2CCCCN2S(C)(=O)=O)cc1. The molecule has 1 aliphatic rings. The van der Waals surface area contributed by atoms with Gasteiger partial charge in [0.15, 0.2) is 0 Å². The molecule has 0 radical (unpaired) electrons. The lowest BCUT2D eigenvalue weighted by molar-refractivity contribution is -0.125. The first-order valence-electron chi connectivity index (χ1n) is 7.82. The Kier molecular flexibility index (Phi) is 6.01. The van der Waals surface area contributed by atoms with Gasteiger partial charge in [-0.25, -0.2) is 8.42 Å². The van der Waals surface area contributed by atoms with Crippen LogP contribution in [0.5, 0.6) is 5.75 Å². The van der Waals surface area contributed by atoms with Crippen LogP contribution in [0.25, 0.3) is 0 Å². The van der Waals surface area contributed by atoms with Crippen LogP contribution in [0, 0.1) is 6.92 Å². The number of amides is 1. The third-order valence-electron chi connectivity index (χ3n) is 3.87. The maximum atomic E-state index is 12.2. The highest BCUT2D eigenvalue weighted by atomic mass is 32.2. The van der Waals surface area contributed by atoms with E-state index in [1.54, 1.807) is 0 Å². The number of hydrogen-bond donors (Lipinski definition) is 1. The predicted molar refractivity (Wildman–Crippen MR) is 88.9 cm³/mol. The average Bonchev–Trinajstić information content (AvgIpc) is 2.52. The Balaban J connectivity index is 1.80. The Bertz CT molecular complexity index is 628. The van der Waals surface area contributed by atoms with Crippen molar-refractivity contribution in [2.24, 2.45) is 0 Å². The number of nitrogens with zero attached hydrogens (tertiary/aromatic N) is 1. The van der Waals surface area contributed by atoms with Crippen molar-refractivity contribution in [2.45, 2.75) is 32.2 Å². The van der Waals surface area contributed by atoms with Crippen molar-refractivity contribution >= 4 is 15.9 Å². The summed E-state index contributed by atoms with van der Waals surface area (Å²) in [6.45, 7) is 3.11. The van der Waals surface area contributed by atoms with Crippen LogP contribution in [0.2, 0.25) is 0 Å². The summed E-state index contributed by atoms with van der Waals surface area (Å²) >= 11 is 0. The highest BCUT2D eigenvalue weighted by Crippen LogP contribution is 2.19. The highest BCUT2D eigenvalue weighted by Gasteiger charge is 2.34. The number of carbonyl (C=O) groups is 1. The van der Waals surface area contributed by atoms with E-state index in [1.165, 1.54) is 4.31 Å². The molecule has 1 amide bonds. The monoisotopic (exact) mass is 340 g/mol. The summed E-state index contributed by atoms with van der Waals surface area (Å²) in [5.41, 5.74) is 1.16. The molecule has 0 aliphatic carbocycles. The fraction of sp³-hybridized carbons (Fsp3) is 0.562. The molecule has 1 unspecified atom stereocenters. The van der Waals surface area contributed by atoms with Gasteiger partial charge in [-0.2, -0.15) is 4.31 Å². The standard InChI is InChI=1S/C16H24N2O4S/c1-13-6-8-14(9-7-13)22-12-10-17-16(19)15-5-3-4-11-18(15)23(2,20)21/h6-9,15H,3-5,10-12H2,1-2H3,(H,17,19). The molecule has 1 fully saturated rings. The molecule has 1 heterocycles. The van der Waals surface area contributed by atoms with Crippen molar-refractivity contribution in [2.75, 3.05) is 26.0 Å². The zero-order valence-corrected chi connectivity index (χ0v) is 14.4. The molecule has 1 saturated heterocycles.